The summed E-state index contributed by atoms with van der Waals surface area (Å²) in [6.45, 7) is 11.2. The maximum absolute atomic E-state index is 15.8. The lowest BCUT2D eigenvalue weighted by molar-refractivity contribution is -0.144. The Balaban J connectivity index is 1.33. The van der Waals surface area contributed by atoms with Crippen molar-refractivity contribution < 1.29 is 13.9 Å². The number of alkyl halides is 1. The predicted octanol–water partition coefficient (Wildman–Crippen LogP) is 4.49. The molecule has 1 N–H and O–H groups in total. The van der Waals surface area contributed by atoms with Crippen molar-refractivity contribution in [2.24, 2.45) is 39.5 Å². The minimum Gasteiger partial charge on any atom is -0.355 e. The van der Waals surface area contributed by atoms with Gasteiger partial charge >= 0.3 is 0 Å². The summed E-state index contributed by atoms with van der Waals surface area (Å²) >= 11 is 0. The van der Waals surface area contributed by atoms with Gasteiger partial charge in [-0.3, -0.25) is 9.79 Å². The van der Waals surface area contributed by atoms with Crippen LogP contribution in [0.3, 0.4) is 0 Å². The number of aliphatic imine (C=N–C) groups is 1. The number of rotatable bonds is 3. The van der Waals surface area contributed by atoms with Crippen LogP contribution in [0.2, 0.25) is 0 Å². The largest absolute Gasteiger partial charge is 0.355 e. The van der Waals surface area contributed by atoms with E-state index in [0.29, 0.717) is 37.2 Å². The molecule has 8 atom stereocenters. The van der Waals surface area contributed by atoms with Gasteiger partial charge in [-0.1, -0.05) is 26.0 Å². The molecule has 0 aromatic heterocycles. The molecule has 5 rings (SSSR count). The van der Waals surface area contributed by atoms with Gasteiger partial charge < -0.3 is 10.1 Å². The highest BCUT2D eigenvalue weighted by Crippen LogP contribution is 2.66. The molecule has 6 unspecified atom stereocenters. The monoisotopic (exact) mass is 416 g/mol. The van der Waals surface area contributed by atoms with Crippen LogP contribution in [-0.2, 0) is 9.53 Å². The normalized spacial score (nSPS) is 49.8. The minimum atomic E-state index is -0.879. The van der Waals surface area contributed by atoms with Crippen molar-refractivity contribution in [1.82, 2.24) is 5.32 Å². The van der Waals surface area contributed by atoms with E-state index in [1.807, 2.05) is 6.92 Å². The summed E-state index contributed by atoms with van der Waals surface area (Å²) in [5, 5.41) is 3.32. The van der Waals surface area contributed by atoms with Gasteiger partial charge in [0.05, 0.1) is 6.10 Å². The third kappa shape index (κ3) is 3.14. The highest BCUT2D eigenvalue weighted by molar-refractivity contribution is 5.87. The fourth-order valence-corrected chi connectivity index (χ4v) is 8.03. The fourth-order valence-electron chi connectivity index (χ4n) is 8.03. The summed E-state index contributed by atoms with van der Waals surface area (Å²) in [5.41, 5.74) is 1.97. The van der Waals surface area contributed by atoms with Crippen molar-refractivity contribution in [3.8, 4) is 0 Å². The van der Waals surface area contributed by atoms with Crippen molar-refractivity contribution in [3.63, 3.8) is 0 Å². The highest BCUT2D eigenvalue weighted by Gasteiger charge is 2.64. The van der Waals surface area contributed by atoms with E-state index in [1.165, 1.54) is 11.3 Å². The van der Waals surface area contributed by atoms with E-state index in [1.54, 1.807) is 0 Å². The van der Waals surface area contributed by atoms with Crippen LogP contribution in [0.15, 0.2) is 17.1 Å². The summed E-state index contributed by atoms with van der Waals surface area (Å²) < 4.78 is 21.7. The zero-order chi connectivity index (χ0) is 21.1. The maximum atomic E-state index is 15.8. The lowest BCUT2D eigenvalue weighted by Gasteiger charge is -2.61. The first-order valence-corrected chi connectivity index (χ1v) is 12.0. The van der Waals surface area contributed by atoms with Crippen LogP contribution in [-0.4, -0.2) is 43.6 Å². The number of halogens is 1. The van der Waals surface area contributed by atoms with Crippen molar-refractivity contribution in [2.75, 3.05) is 19.8 Å². The predicted molar refractivity (Wildman–Crippen MR) is 116 cm³/mol. The Morgan fingerprint density at radius 1 is 1.27 bits per heavy atom. The Labute approximate surface area is 180 Å². The van der Waals surface area contributed by atoms with Crippen LogP contribution in [0.1, 0.15) is 65.2 Å². The second-order valence-corrected chi connectivity index (χ2v) is 11.2. The smallest absolute Gasteiger partial charge is 0.139 e. The van der Waals surface area contributed by atoms with Crippen LogP contribution in [0, 0.1) is 34.5 Å². The first-order chi connectivity index (χ1) is 14.3. The average molecular weight is 417 g/mol. The summed E-state index contributed by atoms with van der Waals surface area (Å²) in [6, 6.07) is 0. The van der Waals surface area contributed by atoms with Crippen molar-refractivity contribution >= 4 is 11.5 Å². The molecule has 1 heterocycles. The van der Waals surface area contributed by atoms with E-state index in [2.05, 4.69) is 18.8 Å². The number of ketones is 1. The van der Waals surface area contributed by atoms with Gasteiger partial charge in [-0.25, -0.2) is 4.39 Å². The SMILES string of the molecule is C=C1CC2C(C(F)C[C@]3(C)C(=O)CCC23)[C@@]2(C)CCC(=NCOC3CCNC3)CC12. The molecule has 30 heavy (non-hydrogen) atoms. The summed E-state index contributed by atoms with van der Waals surface area (Å²) in [6.07, 6.45) is 6.16. The number of nitrogens with zero attached hydrogens (tertiary/aromatic N) is 1. The van der Waals surface area contributed by atoms with E-state index in [9.17, 15) is 4.79 Å². The quantitative estimate of drug-likeness (QED) is 0.690. The van der Waals surface area contributed by atoms with Gasteiger partial charge in [0.15, 0.2) is 0 Å². The zero-order valence-electron chi connectivity index (χ0n) is 18.6. The maximum Gasteiger partial charge on any atom is 0.139 e. The zero-order valence-corrected chi connectivity index (χ0v) is 18.6. The molecule has 0 aromatic rings. The molecule has 0 aromatic carbocycles. The molecule has 4 aliphatic carbocycles. The summed E-state index contributed by atoms with van der Waals surface area (Å²) in [7, 11) is 0. The van der Waals surface area contributed by atoms with Gasteiger partial charge in [0.25, 0.3) is 0 Å². The van der Waals surface area contributed by atoms with Crippen molar-refractivity contribution in [2.45, 2.75) is 77.5 Å². The van der Waals surface area contributed by atoms with Crippen molar-refractivity contribution in [3.05, 3.63) is 12.2 Å². The molecule has 5 fully saturated rings. The Hall–Kier alpha value is -1.07. The van der Waals surface area contributed by atoms with Gasteiger partial charge in [0.1, 0.15) is 18.7 Å². The van der Waals surface area contributed by atoms with E-state index < -0.39 is 11.6 Å². The number of Topliss-reactive ketones (excluding diaryl/α,β-unsaturated/α-hetero) is 1. The third-order valence-corrected chi connectivity index (χ3v) is 9.68. The van der Waals surface area contributed by atoms with Crippen LogP contribution in [0.25, 0.3) is 0 Å². The first-order valence-electron chi connectivity index (χ1n) is 12.0. The molecule has 0 amide bonds. The number of hydrogen-bond acceptors (Lipinski definition) is 4. The second-order valence-electron chi connectivity index (χ2n) is 11.2. The van der Waals surface area contributed by atoms with Crippen molar-refractivity contribution in [1.29, 1.82) is 0 Å². The van der Waals surface area contributed by atoms with Crippen LogP contribution in [0.4, 0.5) is 4.39 Å². The minimum absolute atomic E-state index is 0.0549. The third-order valence-electron chi connectivity index (χ3n) is 9.68. The van der Waals surface area contributed by atoms with E-state index in [4.69, 9.17) is 9.73 Å². The first kappa shape index (κ1) is 20.8. The van der Waals surface area contributed by atoms with Crippen LogP contribution < -0.4 is 5.32 Å². The van der Waals surface area contributed by atoms with E-state index >= 15 is 4.39 Å². The Morgan fingerprint density at radius 3 is 2.87 bits per heavy atom. The molecule has 1 aliphatic heterocycles. The summed E-state index contributed by atoms with van der Waals surface area (Å²) in [4.78, 5) is 17.4. The standard InChI is InChI=1S/C25H37FN2O2/c1-15-10-18-19-4-5-22(29)25(19,3)12-21(26)23(18)24(2)8-6-16(11-20(15)24)28-14-30-17-7-9-27-13-17/h17-21,23,27H,1,4-14H2,2-3H3/t17?,18?,19?,20?,21?,23?,24-,25-/m0/s1. The van der Waals surface area contributed by atoms with Gasteiger partial charge in [-0.15, -0.1) is 0 Å². The van der Waals surface area contributed by atoms with E-state index in [-0.39, 0.29) is 23.4 Å². The Kier molecular flexibility index (Phi) is 5.21. The fraction of sp³-hybridized carbons (Fsp3) is 0.840. The molecule has 0 bridgehead atoms. The number of ether oxygens (including phenoxy) is 1. The summed E-state index contributed by atoms with van der Waals surface area (Å²) in [5.74, 6) is 1.26. The average Bonchev–Trinajstić information content (AvgIpc) is 3.31. The molecule has 5 heteroatoms. The molecule has 1 saturated heterocycles. The number of hydrogen-bond donors (Lipinski definition) is 1. The Bertz CT molecular complexity index is 760. The number of fused-ring (bicyclic) bond motifs is 5. The lowest BCUT2D eigenvalue weighted by Crippen LogP contribution is -2.58. The molecule has 4 saturated carbocycles. The van der Waals surface area contributed by atoms with Gasteiger partial charge in [0.2, 0.25) is 0 Å². The molecule has 0 radical (unpaired) electrons. The molecule has 4 nitrogen and oxygen atoms in total. The Morgan fingerprint density at radius 2 is 2.10 bits per heavy atom. The molecule has 166 valence electrons. The number of nitrogens with one attached hydrogen (secondary N) is 1. The van der Waals surface area contributed by atoms with Crippen LogP contribution in [0.5, 0.6) is 0 Å². The van der Waals surface area contributed by atoms with Gasteiger partial charge in [-0.2, -0.15) is 0 Å². The molecular formula is C25H37FN2O2. The number of carbonyl (C=O) groups is 1. The highest BCUT2D eigenvalue weighted by atomic mass is 19.1. The number of carbonyl (C=O) groups excluding carboxylic acids is 1. The second kappa shape index (κ2) is 7.51. The molecular weight excluding hydrogens is 379 g/mol. The molecule has 0 spiro atoms. The molecule has 5 aliphatic rings. The number of allylic oxidation sites excluding steroid dienone is 1. The topological polar surface area (TPSA) is 50.7 Å². The van der Waals surface area contributed by atoms with Crippen LogP contribution >= 0.6 is 0 Å². The lowest BCUT2D eigenvalue weighted by atomic mass is 9.44. The van der Waals surface area contributed by atoms with E-state index in [0.717, 1.165) is 51.6 Å². The van der Waals surface area contributed by atoms with Gasteiger partial charge in [-0.05, 0) is 80.6 Å². The van der Waals surface area contributed by atoms with Gasteiger partial charge in [0, 0.05) is 24.1 Å².